The molecule has 1 aliphatic heterocycles. The molecule has 4 amide bonds. The molecule has 0 radical (unpaired) electrons. The molecule has 2 N–H and O–H groups in total. The van der Waals surface area contributed by atoms with Crippen LogP contribution in [0.3, 0.4) is 0 Å². The Morgan fingerprint density at radius 1 is 1.06 bits per heavy atom. The summed E-state index contributed by atoms with van der Waals surface area (Å²) in [5.41, 5.74) is 1.52. The molecule has 0 spiro atoms. The molecule has 1 heterocycles. The minimum Gasteiger partial charge on any atom is -0.344 e. The molecule has 2 atom stereocenters. The molecule has 0 aromatic heterocycles. The predicted molar refractivity (Wildman–Crippen MR) is 131 cm³/mol. The van der Waals surface area contributed by atoms with Crippen molar-refractivity contribution in [3.63, 3.8) is 0 Å². The van der Waals surface area contributed by atoms with Gasteiger partial charge in [0.15, 0.2) is 0 Å². The number of nitrogens with zero attached hydrogens (tertiary/aromatic N) is 2. The van der Waals surface area contributed by atoms with Crippen LogP contribution in [-0.2, 0) is 16.0 Å². The van der Waals surface area contributed by atoms with Crippen LogP contribution in [-0.4, -0.2) is 59.4 Å². The van der Waals surface area contributed by atoms with E-state index in [2.05, 4.69) is 10.6 Å². The molecule has 1 fully saturated rings. The maximum absolute atomic E-state index is 13.3. The lowest BCUT2D eigenvalue weighted by molar-refractivity contribution is -0.138. The van der Waals surface area contributed by atoms with Crippen molar-refractivity contribution in [3.05, 3.63) is 64.1 Å². The van der Waals surface area contributed by atoms with Crippen molar-refractivity contribution in [2.75, 3.05) is 25.0 Å². The van der Waals surface area contributed by atoms with Gasteiger partial charge in [-0.15, -0.1) is 0 Å². The molecule has 7 nitrogen and oxygen atoms in total. The van der Waals surface area contributed by atoms with Crippen LogP contribution in [0.2, 0.25) is 10.0 Å². The Labute approximate surface area is 204 Å². The van der Waals surface area contributed by atoms with Crippen LogP contribution in [0.25, 0.3) is 0 Å². The quantitative estimate of drug-likeness (QED) is 0.636. The standard InChI is InChI=1S/C24H28Cl2N4O3/c1-3-22(31)28-21(13-17-7-5-4-6-8-17)23(32)29-11-12-30(16(2)15-29)24(33)27-18-9-10-19(25)20(26)14-18/h4-10,14,16,21H,3,11-13,15H2,1-2H3,(H,27,33)(H,28,31). The summed E-state index contributed by atoms with van der Waals surface area (Å²) in [5, 5.41) is 6.45. The first-order chi connectivity index (χ1) is 15.8. The van der Waals surface area contributed by atoms with Crippen LogP contribution in [0, 0.1) is 0 Å². The number of carbonyl (C=O) groups is 3. The van der Waals surface area contributed by atoms with Crippen molar-refractivity contribution in [1.82, 2.24) is 15.1 Å². The smallest absolute Gasteiger partial charge is 0.322 e. The monoisotopic (exact) mass is 490 g/mol. The van der Waals surface area contributed by atoms with Gasteiger partial charge in [0.25, 0.3) is 0 Å². The van der Waals surface area contributed by atoms with E-state index >= 15 is 0 Å². The third-order valence-corrected chi connectivity index (χ3v) is 6.35. The SMILES string of the molecule is CCC(=O)NC(Cc1ccccc1)C(=O)N1CCN(C(=O)Nc2ccc(Cl)c(Cl)c2)C(C)C1. The van der Waals surface area contributed by atoms with E-state index in [-0.39, 0.29) is 23.9 Å². The van der Waals surface area contributed by atoms with E-state index in [0.717, 1.165) is 5.56 Å². The topological polar surface area (TPSA) is 81.8 Å². The first-order valence-electron chi connectivity index (χ1n) is 10.9. The first kappa shape index (κ1) is 24.9. The van der Waals surface area contributed by atoms with Gasteiger partial charge in [-0.3, -0.25) is 9.59 Å². The molecule has 0 saturated carbocycles. The van der Waals surface area contributed by atoms with Gasteiger partial charge < -0.3 is 20.4 Å². The summed E-state index contributed by atoms with van der Waals surface area (Å²) in [6.45, 7) is 4.78. The van der Waals surface area contributed by atoms with Crippen LogP contribution < -0.4 is 10.6 Å². The first-order valence-corrected chi connectivity index (χ1v) is 11.7. The predicted octanol–water partition coefficient (Wildman–Crippen LogP) is 4.20. The highest BCUT2D eigenvalue weighted by atomic mass is 35.5. The summed E-state index contributed by atoms with van der Waals surface area (Å²) in [5.74, 6) is -0.311. The van der Waals surface area contributed by atoms with Crippen LogP contribution in [0.4, 0.5) is 10.5 Å². The summed E-state index contributed by atoms with van der Waals surface area (Å²) < 4.78 is 0. The lowest BCUT2D eigenvalue weighted by Crippen LogP contribution is -2.60. The Hall–Kier alpha value is -2.77. The Kier molecular flexibility index (Phi) is 8.58. The summed E-state index contributed by atoms with van der Waals surface area (Å²) in [6, 6.07) is 13.4. The average molecular weight is 491 g/mol. The van der Waals surface area contributed by atoms with Gasteiger partial charge in [-0.2, -0.15) is 0 Å². The third-order valence-electron chi connectivity index (χ3n) is 5.61. The van der Waals surface area contributed by atoms with Gasteiger partial charge in [-0.1, -0.05) is 60.5 Å². The van der Waals surface area contributed by atoms with Gasteiger partial charge in [0.2, 0.25) is 11.8 Å². The van der Waals surface area contributed by atoms with Crippen molar-refractivity contribution < 1.29 is 14.4 Å². The maximum atomic E-state index is 13.3. The Balaban J connectivity index is 1.64. The normalized spacial score (nSPS) is 16.8. The number of carbonyl (C=O) groups excluding carboxylic acids is 3. The molecule has 176 valence electrons. The number of piperazine rings is 1. The molecule has 2 aromatic carbocycles. The summed E-state index contributed by atoms with van der Waals surface area (Å²) in [6.07, 6.45) is 0.718. The van der Waals surface area contributed by atoms with E-state index in [1.807, 2.05) is 37.3 Å². The van der Waals surface area contributed by atoms with E-state index < -0.39 is 6.04 Å². The van der Waals surface area contributed by atoms with E-state index in [0.29, 0.717) is 48.2 Å². The number of hydrogen-bond acceptors (Lipinski definition) is 3. The molecular formula is C24H28Cl2N4O3. The fourth-order valence-corrected chi connectivity index (χ4v) is 4.09. The van der Waals surface area contributed by atoms with E-state index in [1.54, 1.807) is 34.9 Å². The van der Waals surface area contributed by atoms with Crippen LogP contribution in [0.5, 0.6) is 0 Å². The average Bonchev–Trinajstić information content (AvgIpc) is 2.81. The van der Waals surface area contributed by atoms with Crippen molar-refractivity contribution in [2.45, 2.75) is 38.8 Å². The summed E-state index contributed by atoms with van der Waals surface area (Å²) in [7, 11) is 0. The molecule has 1 aliphatic rings. The van der Waals surface area contributed by atoms with E-state index in [1.165, 1.54) is 0 Å². The highest BCUT2D eigenvalue weighted by molar-refractivity contribution is 6.42. The number of urea groups is 1. The molecule has 3 rings (SSSR count). The molecule has 33 heavy (non-hydrogen) atoms. The Bertz CT molecular complexity index is 1000. The van der Waals surface area contributed by atoms with E-state index in [4.69, 9.17) is 23.2 Å². The largest absolute Gasteiger partial charge is 0.344 e. The number of anilines is 1. The van der Waals surface area contributed by atoms with Crippen molar-refractivity contribution >= 4 is 46.7 Å². The van der Waals surface area contributed by atoms with Crippen LogP contribution in [0.1, 0.15) is 25.8 Å². The number of hydrogen-bond donors (Lipinski definition) is 2. The minimum absolute atomic E-state index is 0.142. The van der Waals surface area contributed by atoms with Gasteiger partial charge in [-0.05, 0) is 30.7 Å². The molecule has 9 heteroatoms. The molecular weight excluding hydrogens is 463 g/mol. The number of halogens is 2. The van der Waals surface area contributed by atoms with Crippen molar-refractivity contribution in [1.29, 1.82) is 0 Å². The van der Waals surface area contributed by atoms with Crippen LogP contribution >= 0.6 is 23.2 Å². The second-order valence-corrected chi connectivity index (χ2v) is 8.86. The van der Waals surface area contributed by atoms with Gasteiger partial charge in [0.05, 0.1) is 10.0 Å². The van der Waals surface area contributed by atoms with E-state index in [9.17, 15) is 14.4 Å². The summed E-state index contributed by atoms with van der Waals surface area (Å²) in [4.78, 5) is 41.6. The van der Waals surface area contributed by atoms with Gasteiger partial charge in [0.1, 0.15) is 6.04 Å². The number of rotatable bonds is 6. The fraction of sp³-hybridized carbons (Fsp3) is 0.375. The number of benzene rings is 2. The number of amides is 4. The third kappa shape index (κ3) is 6.62. The lowest BCUT2D eigenvalue weighted by Gasteiger charge is -2.41. The van der Waals surface area contributed by atoms with Gasteiger partial charge in [0, 0.05) is 44.2 Å². The second kappa shape index (κ2) is 11.4. The molecule has 0 aliphatic carbocycles. The maximum Gasteiger partial charge on any atom is 0.322 e. The molecule has 1 saturated heterocycles. The molecule has 0 bridgehead atoms. The van der Waals surface area contributed by atoms with Crippen LogP contribution in [0.15, 0.2) is 48.5 Å². The van der Waals surface area contributed by atoms with Crippen molar-refractivity contribution in [3.8, 4) is 0 Å². The second-order valence-electron chi connectivity index (χ2n) is 8.05. The molecule has 2 unspecified atom stereocenters. The lowest BCUT2D eigenvalue weighted by atomic mass is 10.0. The van der Waals surface area contributed by atoms with Gasteiger partial charge >= 0.3 is 6.03 Å². The fourth-order valence-electron chi connectivity index (χ4n) is 3.80. The summed E-state index contributed by atoms with van der Waals surface area (Å²) >= 11 is 12.0. The van der Waals surface area contributed by atoms with Crippen molar-refractivity contribution in [2.24, 2.45) is 0 Å². The zero-order chi connectivity index (χ0) is 24.0. The highest BCUT2D eigenvalue weighted by Gasteiger charge is 2.33. The Morgan fingerprint density at radius 2 is 1.79 bits per heavy atom. The zero-order valence-corrected chi connectivity index (χ0v) is 20.2. The zero-order valence-electron chi connectivity index (χ0n) is 18.7. The highest BCUT2D eigenvalue weighted by Crippen LogP contribution is 2.25. The number of nitrogens with one attached hydrogen (secondary N) is 2. The minimum atomic E-state index is -0.649. The molecule has 2 aromatic rings. The van der Waals surface area contributed by atoms with Gasteiger partial charge in [-0.25, -0.2) is 4.79 Å². The Morgan fingerprint density at radius 3 is 2.42 bits per heavy atom.